The Bertz CT molecular complexity index is 905. The maximum Gasteiger partial charge on any atom is 0.254 e. The highest BCUT2D eigenvalue weighted by atomic mass is 16.3. The van der Waals surface area contributed by atoms with Gasteiger partial charge in [-0.3, -0.25) is 4.79 Å². The molecule has 25 heavy (non-hydrogen) atoms. The summed E-state index contributed by atoms with van der Waals surface area (Å²) in [6.45, 7) is 4.20. The average molecular weight is 339 g/mol. The molecule has 0 unspecified atom stereocenters. The molecule has 0 aliphatic rings. The predicted octanol–water partition coefficient (Wildman–Crippen LogP) is 3.42. The second kappa shape index (κ2) is 6.76. The van der Waals surface area contributed by atoms with Crippen LogP contribution in [0, 0.1) is 13.8 Å². The molecule has 0 radical (unpaired) electrons. The molecule has 2 heterocycles. The molecule has 1 N–H and O–H groups in total. The molecular weight excluding hydrogens is 314 g/mol. The van der Waals surface area contributed by atoms with Gasteiger partial charge in [-0.25, -0.2) is 0 Å². The average Bonchev–Trinajstić information content (AvgIpc) is 3.07. The molecule has 5 nitrogen and oxygen atoms in total. The van der Waals surface area contributed by atoms with Crippen LogP contribution in [0.15, 0.2) is 40.9 Å². The van der Waals surface area contributed by atoms with Crippen LogP contribution in [0.2, 0.25) is 0 Å². The van der Waals surface area contributed by atoms with Crippen molar-refractivity contribution in [3.8, 4) is 0 Å². The fourth-order valence-electron chi connectivity index (χ4n) is 3.35. The van der Waals surface area contributed by atoms with E-state index in [9.17, 15) is 4.79 Å². The molecule has 0 fully saturated rings. The van der Waals surface area contributed by atoms with Crippen molar-refractivity contribution < 1.29 is 9.21 Å². The molecule has 0 bridgehead atoms. The Balaban J connectivity index is 1.84. The Morgan fingerprint density at radius 2 is 2.00 bits per heavy atom. The summed E-state index contributed by atoms with van der Waals surface area (Å²) in [4.78, 5) is 14.6. The molecule has 3 aromatic rings. The first-order valence-electron chi connectivity index (χ1n) is 8.44. The highest BCUT2D eigenvalue weighted by Gasteiger charge is 2.21. The number of nitrogens with one attached hydrogen (secondary N) is 1. The number of benzene rings is 1. The highest BCUT2D eigenvalue weighted by molar-refractivity contribution is 5.95. The largest absolute Gasteiger partial charge is 0.466 e. The van der Waals surface area contributed by atoms with Crippen LogP contribution in [0.3, 0.4) is 0 Å². The van der Waals surface area contributed by atoms with Gasteiger partial charge in [-0.05, 0) is 45.6 Å². The van der Waals surface area contributed by atoms with Gasteiger partial charge in [0.05, 0.1) is 11.6 Å². The Labute approximate surface area is 148 Å². The molecule has 5 heteroatoms. The van der Waals surface area contributed by atoms with E-state index in [-0.39, 0.29) is 11.9 Å². The van der Waals surface area contributed by atoms with E-state index in [0.29, 0.717) is 17.9 Å². The predicted molar refractivity (Wildman–Crippen MR) is 99.9 cm³/mol. The monoisotopic (exact) mass is 339 g/mol. The third kappa shape index (κ3) is 3.33. The van der Waals surface area contributed by atoms with Crippen LogP contribution in [0.4, 0.5) is 0 Å². The van der Waals surface area contributed by atoms with Gasteiger partial charge in [-0.15, -0.1) is 0 Å². The number of rotatable bonds is 5. The van der Waals surface area contributed by atoms with Crippen LogP contribution >= 0.6 is 0 Å². The van der Waals surface area contributed by atoms with Crippen molar-refractivity contribution in [3.63, 3.8) is 0 Å². The number of fused-ring (bicyclic) bond motifs is 1. The number of hydrogen-bond donors (Lipinski definition) is 1. The first kappa shape index (κ1) is 17.3. The first-order valence-corrected chi connectivity index (χ1v) is 8.44. The lowest BCUT2D eigenvalue weighted by molar-refractivity contribution is 0.0940. The third-order valence-corrected chi connectivity index (χ3v) is 4.65. The van der Waals surface area contributed by atoms with E-state index in [1.54, 1.807) is 6.07 Å². The van der Waals surface area contributed by atoms with Gasteiger partial charge in [0.15, 0.2) is 0 Å². The van der Waals surface area contributed by atoms with Gasteiger partial charge >= 0.3 is 0 Å². The molecule has 0 saturated heterocycles. The van der Waals surface area contributed by atoms with Crippen LogP contribution in [0.5, 0.6) is 0 Å². The Hall–Kier alpha value is -2.53. The van der Waals surface area contributed by atoms with E-state index >= 15 is 0 Å². The van der Waals surface area contributed by atoms with Gasteiger partial charge in [0.25, 0.3) is 5.91 Å². The quantitative estimate of drug-likeness (QED) is 0.775. The lowest BCUT2D eigenvalue weighted by atomic mass is 10.0. The fraction of sp³-hybridized carbons (Fsp3) is 0.350. The van der Waals surface area contributed by atoms with E-state index < -0.39 is 0 Å². The van der Waals surface area contributed by atoms with E-state index in [4.69, 9.17) is 4.42 Å². The molecule has 0 spiro atoms. The molecule has 0 aliphatic carbocycles. The minimum absolute atomic E-state index is 0.0864. The van der Waals surface area contributed by atoms with E-state index in [1.807, 2.05) is 34.0 Å². The molecule has 132 valence electrons. The molecule has 1 aromatic carbocycles. The number of hydrogen-bond acceptors (Lipinski definition) is 3. The molecule has 2 aromatic heterocycles. The van der Waals surface area contributed by atoms with Crippen molar-refractivity contribution in [2.75, 3.05) is 20.6 Å². The van der Waals surface area contributed by atoms with Crippen molar-refractivity contribution >= 4 is 16.8 Å². The van der Waals surface area contributed by atoms with Gasteiger partial charge < -0.3 is 19.2 Å². The number of likely N-dealkylation sites (N-methyl/N-ethyl adjacent to an activating group) is 1. The summed E-state index contributed by atoms with van der Waals surface area (Å²) in [7, 11) is 6.12. The Morgan fingerprint density at radius 3 is 2.64 bits per heavy atom. The summed E-state index contributed by atoms with van der Waals surface area (Å²) in [5, 5.41) is 4.27. The topological polar surface area (TPSA) is 50.4 Å². The van der Waals surface area contributed by atoms with Gasteiger partial charge in [-0.2, -0.15) is 0 Å². The van der Waals surface area contributed by atoms with Gasteiger partial charge in [-0.1, -0.05) is 18.2 Å². The minimum atomic E-state index is -0.0959. The van der Waals surface area contributed by atoms with E-state index in [0.717, 1.165) is 5.76 Å². The zero-order chi connectivity index (χ0) is 18.1. The number of amides is 1. The van der Waals surface area contributed by atoms with E-state index in [1.165, 1.54) is 16.5 Å². The zero-order valence-corrected chi connectivity index (χ0v) is 15.5. The van der Waals surface area contributed by atoms with Crippen molar-refractivity contribution in [1.82, 2.24) is 14.8 Å². The van der Waals surface area contributed by atoms with Crippen LogP contribution in [0.25, 0.3) is 10.9 Å². The van der Waals surface area contributed by atoms with Gasteiger partial charge in [0.1, 0.15) is 11.5 Å². The smallest absolute Gasteiger partial charge is 0.254 e. The SMILES string of the molecule is Cc1cc(C(=O)NC[C@H](c2cn(C)c3ccccc23)N(C)C)c(C)o1. The Morgan fingerprint density at radius 1 is 1.28 bits per heavy atom. The molecule has 1 amide bonds. The number of aromatic nitrogens is 1. The summed E-state index contributed by atoms with van der Waals surface area (Å²) in [6.07, 6.45) is 2.15. The summed E-state index contributed by atoms with van der Waals surface area (Å²) >= 11 is 0. The summed E-state index contributed by atoms with van der Waals surface area (Å²) < 4.78 is 7.59. The first-order chi connectivity index (χ1) is 11.9. The van der Waals surface area contributed by atoms with Crippen LogP contribution in [-0.2, 0) is 7.05 Å². The standard InChI is InChI=1S/C20H25N3O2/c1-13-10-16(14(2)25-13)20(24)21-11-19(22(3)4)17-12-23(5)18-9-7-6-8-15(17)18/h6-10,12,19H,11H2,1-5H3,(H,21,24)/t19-/m1/s1. The van der Waals surface area contributed by atoms with Crippen molar-refractivity contribution in [2.45, 2.75) is 19.9 Å². The highest BCUT2D eigenvalue weighted by Crippen LogP contribution is 2.28. The maximum atomic E-state index is 12.5. The number of carbonyl (C=O) groups excluding carboxylic acids is 1. The summed E-state index contributed by atoms with van der Waals surface area (Å²) in [6, 6.07) is 10.2. The lowest BCUT2D eigenvalue weighted by Gasteiger charge is -2.24. The van der Waals surface area contributed by atoms with Crippen LogP contribution in [-0.4, -0.2) is 36.0 Å². The van der Waals surface area contributed by atoms with Crippen molar-refractivity contribution in [2.24, 2.45) is 7.05 Å². The number of aryl methyl sites for hydroxylation is 3. The van der Waals surface area contributed by atoms with Gasteiger partial charge in [0, 0.05) is 30.7 Å². The van der Waals surface area contributed by atoms with Gasteiger partial charge in [0.2, 0.25) is 0 Å². The Kier molecular flexibility index (Phi) is 4.68. The maximum absolute atomic E-state index is 12.5. The minimum Gasteiger partial charge on any atom is -0.466 e. The van der Waals surface area contributed by atoms with E-state index in [2.05, 4.69) is 46.2 Å². The van der Waals surface area contributed by atoms with Crippen LogP contribution in [0.1, 0.15) is 33.5 Å². The normalized spacial score (nSPS) is 12.7. The lowest BCUT2D eigenvalue weighted by Crippen LogP contribution is -2.34. The number of para-hydroxylation sites is 1. The second-order valence-corrected chi connectivity index (χ2v) is 6.73. The van der Waals surface area contributed by atoms with Crippen molar-refractivity contribution in [3.05, 3.63) is 59.2 Å². The molecule has 3 rings (SSSR count). The van der Waals surface area contributed by atoms with Crippen LogP contribution < -0.4 is 5.32 Å². The van der Waals surface area contributed by atoms with Crippen molar-refractivity contribution in [1.29, 1.82) is 0 Å². The molecular formula is C20H25N3O2. The number of carbonyl (C=O) groups is 1. The zero-order valence-electron chi connectivity index (χ0n) is 15.5. The summed E-state index contributed by atoms with van der Waals surface area (Å²) in [5.74, 6) is 1.31. The number of nitrogens with zero attached hydrogens (tertiary/aromatic N) is 2. The summed E-state index contributed by atoms with van der Waals surface area (Å²) in [5.41, 5.74) is 3.01. The second-order valence-electron chi connectivity index (χ2n) is 6.73. The number of furan rings is 1. The fourth-order valence-corrected chi connectivity index (χ4v) is 3.35. The molecule has 0 saturated carbocycles. The molecule has 0 aliphatic heterocycles. The molecule has 1 atom stereocenters. The third-order valence-electron chi connectivity index (χ3n) is 4.65.